The van der Waals surface area contributed by atoms with Crippen molar-refractivity contribution in [3.8, 4) is 22.9 Å². The maximum absolute atomic E-state index is 13.9. The van der Waals surface area contributed by atoms with Crippen LogP contribution >= 0.6 is 0 Å². The second-order valence-electron chi connectivity index (χ2n) is 9.47. The largest absolute Gasteiger partial charge is 0.494 e. The van der Waals surface area contributed by atoms with Crippen LogP contribution in [0, 0.1) is 12.8 Å². The van der Waals surface area contributed by atoms with Crippen molar-refractivity contribution in [1.82, 2.24) is 29.6 Å². The lowest BCUT2D eigenvalue weighted by atomic mass is 9.93. The van der Waals surface area contributed by atoms with Crippen LogP contribution in [0.4, 0.5) is 18.0 Å². The number of carbonyl (C=O) groups is 1. The van der Waals surface area contributed by atoms with Crippen molar-refractivity contribution < 1.29 is 32.2 Å². The summed E-state index contributed by atoms with van der Waals surface area (Å²) in [6.45, 7) is 5.81. The van der Waals surface area contributed by atoms with Gasteiger partial charge in [-0.25, -0.2) is 14.8 Å². The standard InChI is InChI=1S/C26H33F3N6O4/c1-6-35(25(36)33-22(26(27,28)29)17-8-7-9-39-14-17)16(3)19-10-18(21(37-4)11-30-19)20-13-34-12-15(2)31-23(34)24(32-20)38-5/h10-13,16-17,22H,6-9,14H2,1-5H3,(H,33,36)/t16-,17?,22?/m1/s1. The van der Waals surface area contributed by atoms with E-state index in [-0.39, 0.29) is 13.2 Å². The fourth-order valence-corrected chi connectivity index (χ4v) is 4.87. The number of carbonyl (C=O) groups excluding carboxylic acids is 1. The molecule has 212 valence electrons. The third-order valence-electron chi connectivity index (χ3n) is 6.90. The van der Waals surface area contributed by atoms with E-state index in [0.717, 1.165) is 5.69 Å². The number of ether oxygens (including phenoxy) is 3. The van der Waals surface area contributed by atoms with E-state index in [2.05, 4.69) is 20.3 Å². The number of hydrogen-bond acceptors (Lipinski definition) is 7. The van der Waals surface area contributed by atoms with Crippen LogP contribution in [-0.2, 0) is 4.74 Å². The molecule has 1 saturated heterocycles. The molecule has 0 aliphatic carbocycles. The molecule has 0 saturated carbocycles. The fraction of sp³-hybridized carbons (Fsp3) is 0.538. The Labute approximate surface area is 224 Å². The zero-order chi connectivity index (χ0) is 28.3. The van der Waals surface area contributed by atoms with Crippen LogP contribution < -0.4 is 14.8 Å². The van der Waals surface area contributed by atoms with Crippen LogP contribution in [-0.4, -0.2) is 76.5 Å². The van der Waals surface area contributed by atoms with Gasteiger partial charge in [0.05, 0.1) is 50.1 Å². The number of aromatic nitrogens is 4. The number of alkyl halides is 3. The van der Waals surface area contributed by atoms with E-state index in [1.165, 1.54) is 25.3 Å². The molecule has 0 aromatic carbocycles. The molecule has 2 amide bonds. The predicted molar refractivity (Wildman–Crippen MR) is 137 cm³/mol. The van der Waals surface area contributed by atoms with E-state index in [0.29, 0.717) is 53.7 Å². The summed E-state index contributed by atoms with van der Waals surface area (Å²) in [7, 11) is 3.00. The van der Waals surface area contributed by atoms with Gasteiger partial charge in [0.25, 0.3) is 5.88 Å². The number of rotatable bonds is 8. The second-order valence-corrected chi connectivity index (χ2v) is 9.47. The van der Waals surface area contributed by atoms with Crippen molar-refractivity contribution in [1.29, 1.82) is 0 Å². The summed E-state index contributed by atoms with van der Waals surface area (Å²) in [4.78, 5) is 28.0. The molecule has 3 atom stereocenters. The highest BCUT2D eigenvalue weighted by molar-refractivity contribution is 5.75. The number of nitrogens with zero attached hydrogens (tertiary/aromatic N) is 5. The SMILES string of the molecule is CCN(C(=O)NC(C1CCCOC1)C(F)(F)F)[C@H](C)c1cc(-c2cn3cc(C)nc3c(OC)n2)c(OC)cn1. The zero-order valence-corrected chi connectivity index (χ0v) is 22.6. The summed E-state index contributed by atoms with van der Waals surface area (Å²) >= 11 is 0. The first-order valence-electron chi connectivity index (χ1n) is 12.7. The van der Waals surface area contributed by atoms with Gasteiger partial charge in [0.1, 0.15) is 11.8 Å². The normalized spacial score (nSPS) is 17.5. The number of pyridine rings is 1. The Morgan fingerprint density at radius 2 is 2.05 bits per heavy atom. The Hall–Kier alpha value is -3.61. The molecule has 3 aromatic heterocycles. The number of fused-ring (bicyclic) bond motifs is 1. The lowest BCUT2D eigenvalue weighted by Crippen LogP contribution is -2.55. The van der Waals surface area contributed by atoms with Gasteiger partial charge in [0, 0.05) is 37.0 Å². The molecular formula is C26H33F3N6O4. The van der Waals surface area contributed by atoms with Crippen molar-refractivity contribution >= 4 is 11.7 Å². The van der Waals surface area contributed by atoms with Crippen LogP contribution in [0.5, 0.6) is 11.6 Å². The summed E-state index contributed by atoms with van der Waals surface area (Å²) in [5, 5.41) is 2.23. The van der Waals surface area contributed by atoms with Gasteiger partial charge in [-0.05, 0) is 39.7 Å². The summed E-state index contributed by atoms with van der Waals surface area (Å²) in [6, 6.07) is -1.77. The molecule has 0 radical (unpaired) electrons. The third kappa shape index (κ3) is 6.02. The highest BCUT2D eigenvalue weighted by Crippen LogP contribution is 2.34. The molecular weight excluding hydrogens is 517 g/mol. The Morgan fingerprint density at radius 1 is 1.28 bits per heavy atom. The van der Waals surface area contributed by atoms with Gasteiger partial charge in [0.15, 0.2) is 0 Å². The van der Waals surface area contributed by atoms with Crippen LogP contribution in [0.25, 0.3) is 16.9 Å². The number of hydrogen-bond donors (Lipinski definition) is 1. The number of urea groups is 1. The average Bonchev–Trinajstić information content (AvgIpc) is 3.31. The van der Waals surface area contributed by atoms with Gasteiger partial charge < -0.3 is 28.8 Å². The molecule has 2 unspecified atom stereocenters. The van der Waals surface area contributed by atoms with E-state index in [4.69, 9.17) is 14.2 Å². The molecule has 3 aromatic rings. The number of aryl methyl sites for hydroxylation is 1. The van der Waals surface area contributed by atoms with Crippen molar-refractivity contribution in [2.24, 2.45) is 5.92 Å². The van der Waals surface area contributed by atoms with Crippen LogP contribution in [0.1, 0.15) is 44.1 Å². The second kappa shape index (κ2) is 11.6. The molecule has 4 rings (SSSR count). The van der Waals surface area contributed by atoms with Crippen molar-refractivity contribution in [2.45, 2.75) is 51.9 Å². The number of halogens is 3. The Kier molecular flexibility index (Phi) is 8.48. The van der Waals surface area contributed by atoms with Crippen molar-refractivity contribution in [2.75, 3.05) is 34.0 Å². The van der Waals surface area contributed by atoms with Gasteiger partial charge in [-0.2, -0.15) is 13.2 Å². The molecule has 1 N–H and O–H groups in total. The maximum Gasteiger partial charge on any atom is 0.409 e. The van der Waals surface area contributed by atoms with Crippen molar-refractivity contribution in [3.63, 3.8) is 0 Å². The minimum atomic E-state index is -4.61. The molecule has 4 heterocycles. The lowest BCUT2D eigenvalue weighted by Gasteiger charge is -2.35. The third-order valence-corrected chi connectivity index (χ3v) is 6.90. The minimum Gasteiger partial charge on any atom is -0.494 e. The molecule has 1 aliphatic heterocycles. The Balaban J connectivity index is 1.65. The van der Waals surface area contributed by atoms with E-state index >= 15 is 0 Å². The van der Waals surface area contributed by atoms with Gasteiger partial charge in [-0.3, -0.25) is 4.98 Å². The lowest BCUT2D eigenvalue weighted by molar-refractivity contribution is -0.174. The highest BCUT2D eigenvalue weighted by Gasteiger charge is 2.46. The molecule has 1 aliphatic rings. The van der Waals surface area contributed by atoms with Gasteiger partial charge in [-0.1, -0.05) is 0 Å². The van der Waals surface area contributed by atoms with Crippen LogP contribution in [0.2, 0.25) is 0 Å². The van der Waals surface area contributed by atoms with E-state index in [1.807, 2.05) is 13.1 Å². The minimum absolute atomic E-state index is 0.0488. The first-order valence-corrected chi connectivity index (χ1v) is 12.7. The predicted octanol–water partition coefficient (Wildman–Crippen LogP) is 4.57. The smallest absolute Gasteiger partial charge is 0.409 e. The molecule has 39 heavy (non-hydrogen) atoms. The Bertz CT molecular complexity index is 1310. The monoisotopic (exact) mass is 550 g/mol. The topological polar surface area (TPSA) is 103 Å². The molecule has 0 spiro atoms. The molecule has 10 nitrogen and oxygen atoms in total. The first kappa shape index (κ1) is 28.4. The quantitative estimate of drug-likeness (QED) is 0.438. The number of imidazole rings is 1. The summed E-state index contributed by atoms with van der Waals surface area (Å²) < 4.78 is 59.8. The zero-order valence-electron chi connectivity index (χ0n) is 22.6. The summed E-state index contributed by atoms with van der Waals surface area (Å²) in [5.41, 5.74) is 2.87. The Morgan fingerprint density at radius 3 is 2.67 bits per heavy atom. The molecule has 0 bridgehead atoms. The summed E-state index contributed by atoms with van der Waals surface area (Å²) in [6.07, 6.45) is 1.34. The number of amides is 2. The summed E-state index contributed by atoms with van der Waals surface area (Å²) in [5.74, 6) is -0.0997. The van der Waals surface area contributed by atoms with E-state index in [9.17, 15) is 18.0 Å². The van der Waals surface area contributed by atoms with Crippen LogP contribution in [0.15, 0.2) is 24.7 Å². The highest BCUT2D eigenvalue weighted by atomic mass is 19.4. The fourth-order valence-electron chi connectivity index (χ4n) is 4.87. The van der Waals surface area contributed by atoms with Gasteiger partial charge >= 0.3 is 12.2 Å². The van der Waals surface area contributed by atoms with Crippen molar-refractivity contribution in [3.05, 3.63) is 36.0 Å². The van der Waals surface area contributed by atoms with Gasteiger partial charge in [0.2, 0.25) is 5.65 Å². The van der Waals surface area contributed by atoms with E-state index in [1.54, 1.807) is 30.5 Å². The number of methoxy groups -OCH3 is 2. The maximum atomic E-state index is 13.9. The van der Waals surface area contributed by atoms with Gasteiger partial charge in [-0.15, -0.1) is 0 Å². The van der Waals surface area contributed by atoms with Crippen LogP contribution in [0.3, 0.4) is 0 Å². The molecule has 1 fully saturated rings. The first-order chi connectivity index (χ1) is 18.6. The average molecular weight is 551 g/mol. The van der Waals surface area contributed by atoms with E-state index < -0.39 is 30.2 Å². The number of nitrogens with one attached hydrogen (secondary N) is 1. The molecule has 13 heteroatoms.